The summed E-state index contributed by atoms with van der Waals surface area (Å²) in [5, 5.41) is 12.4. The Hall–Kier alpha value is -1.90. The van der Waals surface area contributed by atoms with E-state index in [1.54, 1.807) is 0 Å². The summed E-state index contributed by atoms with van der Waals surface area (Å²) >= 11 is 0. The molecule has 1 amide bonds. The van der Waals surface area contributed by atoms with Crippen LogP contribution in [0.15, 0.2) is 24.3 Å². The van der Waals surface area contributed by atoms with Gasteiger partial charge in [0.05, 0.1) is 12.6 Å². The van der Waals surface area contributed by atoms with Crippen molar-refractivity contribution in [3.63, 3.8) is 0 Å². The Morgan fingerprint density at radius 1 is 1.16 bits per heavy atom. The molecule has 1 saturated carbocycles. The first-order valence-electron chi connectivity index (χ1n) is 9.32. The van der Waals surface area contributed by atoms with E-state index in [0.29, 0.717) is 6.54 Å². The third-order valence-corrected chi connectivity index (χ3v) is 5.54. The largest absolute Gasteiger partial charge is 0.337 e. The quantitative estimate of drug-likeness (QED) is 0.891. The van der Waals surface area contributed by atoms with Gasteiger partial charge in [-0.1, -0.05) is 24.3 Å². The number of piperazine rings is 1. The van der Waals surface area contributed by atoms with E-state index in [1.165, 1.54) is 11.1 Å². The average molecular weight is 340 g/mol. The minimum atomic E-state index is -0.607. The van der Waals surface area contributed by atoms with Gasteiger partial charge in [-0.3, -0.25) is 14.6 Å². The molecule has 0 atom stereocenters. The van der Waals surface area contributed by atoms with Crippen LogP contribution in [0.4, 0.5) is 0 Å². The van der Waals surface area contributed by atoms with E-state index in [0.717, 1.165) is 58.4 Å². The average Bonchev–Trinajstić information content (AvgIpc) is 3.07. The summed E-state index contributed by atoms with van der Waals surface area (Å²) in [5.41, 5.74) is 2.11. The number of hydrogen-bond acceptors (Lipinski definition) is 4. The van der Waals surface area contributed by atoms with Crippen molar-refractivity contribution in [2.24, 2.45) is 0 Å². The first-order chi connectivity index (χ1) is 12.1. The van der Waals surface area contributed by atoms with Crippen LogP contribution < -0.4 is 5.32 Å². The van der Waals surface area contributed by atoms with Crippen molar-refractivity contribution in [2.75, 3.05) is 32.7 Å². The maximum atomic E-state index is 12.3. The monoisotopic (exact) mass is 340 g/mol. The number of rotatable bonds is 5. The van der Waals surface area contributed by atoms with Gasteiger partial charge in [0.2, 0.25) is 5.91 Å². The van der Waals surface area contributed by atoms with Crippen molar-refractivity contribution in [1.29, 1.82) is 5.26 Å². The Morgan fingerprint density at radius 3 is 2.44 bits per heavy atom. The summed E-state index contributed by atoms with van der Waals surface area (Å²) in [6, 6.07) is 10.8. The maximum absolute atomic E-state index is 12.3. The molecular formula is C20H28N4O. The minimum absolute atomic E-state index is 0.00389. The van der Waals surface area contributed by atoms with Gasteiger partial charge in [-0.2, -0.15) is 5.26 Å². The van der Waals surface area contributed by atoms with Gasteiger partial charge in [-0.25, -0.2) is 0 Å². The molecule has 0 spiro atoms. The molecule has 134 valence electrons. The van der Waals surface area contributed by atoms with E-state index < -0.39 is 5.54 Å². The molecule has 5 nitrogen and oxygen atoms in total. The molecule has 1 N–H and O–H groups in total. The first-order valence-corrected chi connectivity index (χ1v) is 9.32. The summed E-state index contributed by atoms with van der Waals surface area (Å²) in [4.78, 5) is 17.0. The summed E-state index contributed by atoms with van der Waals surface area (Å²) in [6.07, 6.45) is 3.65. The van der Waals surface area contributed by atoms with Gasteiger partial charge in [0.25, 0.3) is 0 Å². The van der Waals surface area contributed by atoms with Crippen LogP contribution in [0.2, 0.25) is 0 Å². The topological polar surface area (TPSA) is 59.4 Å². The van der Waals surface area contributed by atoms with E-state index in [1.807, 2.05) is 0 Å². The Bertz CT molecular complexity index is 637. The molecule has 5 heteroatoms. The summed E-state index contributed by atoms with van der Waals surface area (Å²) in [5.74, 6) is -0.00389. The van der Waals surface area contributed by atoms with Gasteiger partial charge in [0, 0.05) is 32.7 Å². The number of nitriles is 1. The number of nitrogens with zero attached hydrogens (tertiary/aromatic N) is 3. The van der Waals surface area contributed by atoms with Crippen LogP contribution in [0.1, 0.15) is 36.8 Å². The van der Waals surface area contributed by atoms with Crippen molar-refractivity contribution >= 4 is 5.91 Å². The SMILES string of the molecule is Cc1ccccc1CN1CCN(CC(=O)NC2(C#N)CCCC2)CC1. The van der Waals surface area contributed by atoms with Crippen LogP contribution >= 0.6 is 0 Å². The molecule has 0 radical (unpaired) electrons. The zero-order valence-electron chi connectivity index (χ0n) is 15.1. The van der Waals surface area contributed by atoms with Crippen LogP contribution in [0.5, 0.6) is 0 Å². The number of carbonyl (C=O) groups is 1. The Balaban J connectivity index is 1.44. The fraction of sp³-hybridized carbons (Fsp3) is 0.600. The molecular weight excluding hydrogens is 312 g/mol. The number of benzene rings is 1. The van der Waals surface area contributed by atoms with Gasteiger partial charge in [-0.15, -0.1) is 0 Å². The van der Waals surface area contributed by atoms with Crippen LogP contribution in [0.3, 0.4) is 0 Å². The van der Waals surface area contributed by atoms with Gasteiger partial charge in [0.1, 0.15) is 5.54 Å². The lowest BCUT2D eigenvalue weighted by molar-refractivity contribution is -0.124. The van der Waals surface area contributed by atoms with Crippen molar-refractivity contribution < 1.29 is 4.79 Å². The van der Waals surface area contributed by atoms with Gasteiger partial charge in [-0.05, 0) is 43.7 Å². The second kappa shape index (κ2) is 7.99. The van der Waals surface area contributed by atoms with Gasteiger partial charge in [0.15, 0.2) is 0 Å². The number of carbonyl (C=O) groups excluding carboxylic acids is 1. The van der Waals surface area contributed by atoms with E-state index in [4.69, 9.17) is 0 Å². The van der Waals surface area contributed by atoms with E-state index in [9.17, 15) is 10.1 Å². The molecule has 2 aliphatic rings. The maximum Gasteiger partial charge on any atom is 0.235 e. The molecule has 1 aromatic carbocycles. The molecule has 1 saturated heterocycles. The number of amides is 1. The summed E-state index contributed by atoms with van der Waals surface area (Å²) in [7, 11) is 0. The van der Waals surface area contributed by atoms with Crippen LogP contribution in [-0.4, -0.2) is 54.0 Å². The molecule has 2 fully saturated rings. The highest BCUT2D eigenvalue weighted by molar-refractivity contribution is 5.79. The number of nitrogens with one attached hydrogen (secondary N) is 1. The minimum Gasteiger partial charge on any atom is -0.337 e. The molecule has 1 aliphatic carbocycles. The molecule has 25 heavy (non-hydrogen) atoms. The lowest BCUT2D eigenvalue weighted by Gasteiger charge is -2.35. The van der Waals surface area contributed by atoms with Crippen molar-refractivity contribution in [3.05, 3.63) is 35.4 Å². The van der Waals surface area contributed by atoms with Crippen LogP contribution in [0.25, 0.3) is 0 Å². The molecule has 0 aromatic heterocycles. The zero-order valence-corrected chi connectivity index (χ0v) is 15.1. The van der Waals surface area contributed by atoms with Crippen molar-refractivity contribution in [3.8, 4) is 6.07 Å². The number of hydrogen-bond donors (Lipinski definition) is 1. The second-order valence-corrected chi connectivity index (χ2v) is 7.43. The van der Waals surface area contributed by atoms with Crippen molar-refractivity contribution in [1.82, 2.24) is 15.1 Å². The predicted octanol–water partition coefficient (Wildman–Crippen LogP) is 2.07. The summed E-state index contributed by atoms with van der Waals surface area (Å²) in [6.45, 7) is 7.30. The smallest absolute Gasteiger partial charge is 0.235 e. The standard InChI is InChI=1S/C20H28N4O/c1-17-6-2-3-7-18(17)14-23-10-12-24(13-11-23)15-19(25)22-20(16-21)8-4-5-9-20/h2-3,6-7H,4-5,8-15H2,1H3,(H,22,25). The van der Waals surface area contributed by atoms with E-state index >= 15 is 0 Å². The fourth-order valence-corrected chi connectivity index (χ4v) is 3.89. The number of aryl methyl sites for hydroxylation is 1. The normalized spacial score (nSPS) is 21.0. The van der Waals surface area contributed by atoms with E-state index in [-0.39, 0.29) is 5.91 Å². The first kappa shape index (κ1) is 17.9. The molecule has 1 aliphatic heterocycles. The third-order valence-electron chi connectivity index (χ3n) is 5.54. The van der Waals surface area contributed by atoms with Crippen LogP contribution in [0, 0.1) is 18.3 Å². The Kier molecular flexibility index (Phi) is 5.72. The van der Waals surface area contributed by atoms with E-state index in [2.05, 4.69) is 52.4 Å². The predicted molar refractivity (Wildman–Crippen MR) is 97.9 cm³/mol. The molecule has 1 heterocycles. The highest BCUT2D eigenvalue weighted by atomic mass is 16.2. The Labute approximate surface area is 150 Å². The fourth-order valence-electron chi connectivity index (χ4n) is 3.89. The molecule has 0 unspecified atom stereocenters. The lowest BCUT2D eigenvalue weighted by atomic mass is 10.00. The third kappa shape index (κ3) is 4.59. The van der Waals surface area contributed by atoms with Gasteiger partial charge < -0.3 is 5.32 Å². The lowest BCUT2D eigenvalue weighted by Crippen LogP contribution is -2.52. The molecule has 3 rings (SSSR count). The van der Waals surface area contributed by atoms with Gasteiger partial charge >= 0.3 is 0 Å². The molecule has 1 aromatic rings. The highest BCUT2D eigenvalue weighted by Gasteiger charge is 2.35. The summed E-state index contributed by atoms with van der Waals surface area (Å²) < 4.78 is 0. The van der Waals surface area contributed by atoms with Crippen molar-refractivity contribution in [2.45, 2.75) is 44.7 Å². The Morgan fingerprint density at radius 2 is 1.80 bits per heavy atom. The molecule has 0 bridgehead atoms. The highest BCUT2D eigenvalue weighted by Crippen LogP contribution is 2.28. The second-order valence-electron chi connectivity index (χ2n) is 7.43. The van der Waals surface area contributed by atoms with Crippen LogP contribution in [-0.2, 0) is 11.3 Å². The zero-order chi connectivity index (χ0) is 17.7.